The fraction of sp³-hybridized carbons (Fsp3) is 0.312. The summed E-state index contributed by atoms with van der Waals surface area (Å²) in [7, 11) is 1.67. The summed E-state index contributed by atoms with van der Waals surface area (Å²) in [5.74, 6) is 0.785. The van der Waals surface area contributed by atoms with E-state index in [1.807, 2.05) is 12.3 Å². The highest BCUT2D eigenvalue weighted by Gasteiger charge is 2.17. The molecule has 0 aliphatic heterocycles. The molecule has 1 aromatic heterocycles. The average molecular weight is 382 g/mol. The number of aromatic nitrogens is 1. The topological polar surface area (TPSA) is 34.2 Å². The first-order valence-electron chi connectivity index (χ1n) is 6.64. The average Bonchev–Trinajstić information content (AvgIpc) is 2.48. The molecule has 0 saturated heterocycles. The Kier molecular flexibility index (Phi) is 5.37. The highest BCUT2D eigenvalue weighted by molar-refractivity contribution is 14.1. The van der Waals surface area contributed by atoms with E-state index in [1.165, 1.54) is 14.7 Å². The minimum absolute atomic E-state index is 0.134. The molecule has 0 fully saturated rings. The number of methoxy groups -OCH3 is 1. The summed E-state index contributed by atoms with van der Waals surface area (Å²) in [4.78, 5) is 4.27. The number of pyridine rings is 1. The van der Waals surface area contributed by atoms with Crippen LogP contribution in [0.1, 0.15) is 29.7 Å². The van der Waals surface area contributed by atoms with Crippen LogP contribution in [0.5, 0.6) is 5.75 Å². The van der Waals surface area contributed by atoms with E-state index >= 15 is 0 Å². The van der Waals surface area contributed by atoms with Gasteiger partial charge in [0.15, 0.2) is 0 Å². The van der Waals surface area contributed by atoms with Crippen molar-refractivity contribution in [2.24, 2.45) is 0 Å². The molecule has 1 heterocycles. The van der Waals surface area contributed by atoms with Gasteiger partial charge in [-0.2, -0.15) is 0 Å². The molecule has 0 aliphatic carbocycles. The molecule has 0 saturated carbocycles. The molecule has 1 atom stereocenters. The van der Waals surface area contributed by atoms with Gasteiger partial charge in [-0.25, -0.2) is 0 Å². The summed E-state index contributed by atoms with van der Waals surface area (Å²) < 4.78 is 6.57. The number of nitrogens with zero attached hydrogens (tertiary/aromatic N) is 1. The van der Waals surface area contributed by atoms with Crippen molar-refractivity contribution in [2.45, 2.75) is 19.9 Å². The molecule has 1 unspecified atom stereocenters. The van der Waals surface area contributed by atoms with Crippen LogP contribution >= 0.6 is 22.6 Å². The SMILES string of the molecule is CCNC(c1cncc(OC)c1)c1cccc(C)c1I. The number of hydrogen-bond acceptors (Lipinski definition) is 3. The van der Waals surface area contributed by atoms with Crippen molar-refractivity contribution in [1.82, 2.24) is 10.3 Å². The Morgan fingerprint density at radius 3 is 2.85 bits per heavy atom. The molecule has 3 nitrogen and oxygen atoms in total. The molecule has 0 bridgehead atoms. The summed E-state index contributed by atoms with van der Waals surface area (Å²) in [6.07, 6.45) is 3.63. The van der Waals surface area contributed by atoms with Gasteiger partial charge in [-0.3, -0.25) is 4.98 Å². The molecule has 2 aromatic rings. The third kappa shape index (κ3) is 3.30. The predicted molar refractivity (Wildman–Crippen MR) is 90.2 cm³/mol. The number of ether oxygens (including phenoxy) is 1. The van der Waals surface area contributed by atoms with Crippen molar-refractivity contribution in [3.63, 3.8) is 0 Å². The van der Waals surface area contributed by atoms with Crippen molar-refractivity contribution in [3.8, 4) is 5.75 Å². The Bertz CT molecular complexity index is 586. The first kappa shape index (κ1) is 15.3. The van der Waals surface area contributed by atoms with Crippen LogP contribution in [-0.2, 0) is 0 Å². The summed E-state index contributed by atoms with van der Waals surface area (Å²) >= 11 is 2.41. The molecule has 0 spiro atoms. The van der Waals surface area contributed by atoms with Gasteiger partial charge >= 0.3 is 0 Å². The second-order valence-corrected chi connectivity index (χ2v) is 5.71. The van der Waals surface area contributed by atoms with Gasteiger partial charge in [-0.05, 0) is 58.8 Å². The third-order valence-corrected chi connectivity index (χ3v) is 4.72. The molecule has 2 rings (SSSR count). The molecule has 4 heteroatoms. The Hall–Kier alpha value is -1.14. The van der Waals surface area contributed by atoms with Crippen molar-refractivity contribution >= 4 is 22.6 Å². The summed E-state index contributed by atoms with van der Waals surface area (Å²) in [6, 6.07) is 8.58. The molecule has 106 valence electrons. The lowest BCUT2D eigenvalue weighted by Crippen LogP contribution is -2.23. The highest BCUT2D eigenvalue weighted by atomic mass is 127. The lowest BCUT2D eigenvalue weighted by Gasteiger charge is -2.21. The van der Waals surface area contributed by atoms with Gasteiger partial charge in [0.2, 0.25) is 0 Å². The van der Waals surface area contributed by atoms with Crippen LogP contribution < -0.4 is 10.1 Å². The lowest BCUT2D eigenvalue weighted by atomic mass is 9.98. The van der Waals surface area contributed by atoms with E-state index in [0.717, 1.165) is 17.9 Å². The number of benzene rings is 1. The quantitative estimate of drug-likeness (QED) is 0.801. The summed E-state index contributed by atoms with van der Waals surface area (Å²) in [5, 5.41) is 3.53. The Labute approximate surface area is 133 Å². The maximum Gasteiger partial charge on any atom is 0.137 e. The van der Waals surface area contributed by atoms with Gasteiger partial charge in [0, 0.05) is 9.77 Å². The van der Waals surface area contributed by atoms with Crippen LogP contribution in [0.3, 0.4) is 0 Å². The maximum atomic E-state index is 5.28. The second kappa shape index (κ2) is 7.04. The highest BCUT2D eigenvalue weighted by Crippen LogP contribution is 2.29. The van der Waals surface area contributed by atoms with E-state index in [4.69, 9.17) is 4.74 Å². The molecule has 0 radical (unpaired) electrons. The van der Waals surface area contributed by atoms with Gasteiger partial charge in [0.1, 0.15) is 5.75 Å². The zero-order chi connectivity index (χ0) is 14.5. The van der Waals surface area contributed by atoms with Crippen molar-refractivity contribution < 1.29 is 4.74 Å². The Balaban J connectivity index is 2.47. The fourth-order valence-electron chi connectivity index (χ4n) is 2.21. The van der Waals surface area contributed by atoms with Gasteiger partial charge in [0.05, 0.1) is 19.3 Å². The maximum absolute atomic E-state index is 5.28. The van der Waals surface area contributed by atoms with E-state index in [-0.39, 0.29) is 6.04 Å². The zero-order valence-electron chi connectivity index (χ0n) is 12.0. The number of hydrogen-bond donors (Lipinski definition) is 1. The molecule has 0 aliphatic rings. The predicted octanol–water partition coefficient (Wildman–Crippen LogP) is 3.70. The normalized spacial score (nSPS) is 12.2. The third-order valence-electron chi connectivity index (χ3n) is 3.24. The van der Waals surface area contributed by atoms with Crippen molar-refractivity contribution in [3.05, 3.63) is 56.9 Å². The Morgan fingerprint density at radius 1 is 1.35 bits per heavy atom. The molecule has 1 aromatic carbocycles. The van der Waals surface area contributed by atoms with E-state index < -0.39 is 0 Å². The van der Waals surface area contributed by atoms with E-state index in [1.54, 1.807) is 13.3 Å². The monoisotopic (exact) mass is 382 g/mol. The smallest absolute Gasteiger partial charge is 0.137 e. The van der Waals surface area contributed by atoms with Crippen LogP contribution in [0.4, 0.5) is 0 Å². The van der Waals surface area contributed by atoms with Gasteiger partial charge in [-0.15, -0.1) is 0 Å². The molecule has 0 amide bonds. The number of halogens is 1. The number of rotatable bonds is 5. The van der Waals surface area contributed by atoms with Crippen LogP contribution in [-0.4, -0.2) is 18.6 Å². The summed E-state index contributed by atoms with van der Waals surface area (Å²) in [5.41, 5.74) is 3.69. The molecule has 20 heavy (non-hydrogen) atoms. The van der Waals surface area contributed by atoms with E-state index in [2.05, 4.69) is 64.9 Å². The molecule has 1 N–H and O–H groups in total. The largest absolute Gasteiger partial charge is 0.495 e. The first-order valence-corrected chi connectivity index (χ1v) is 7.72. The lowest BCUT2D eigenvalue weighted by molar-refractivity contribution is 0.411. The summed E-state index contributed by atoms with van der Waals surface area (Å²) in [6.45, 7) is 5.15. The van der Waals surface area contributed by atoms with Crippen LogP contribution in [0, 0.1) is 10.5 Å². The minimum atomic E-state index is 0.134. The van der Waals surface area contributed by atoms with Crippen LogP contribution in [0.15, 0.2) is 36.7 Å². The van der Waals surface area contributed by atoms with Gasteiger partial charge < -0.3 is 10.1 Å². The van der Waals surface area contributed by atoms with Gasteiger partial charge in [-0.1, -0.05) is 25.1 Å². The number of nitrogens with one attached hydrogen (secondary N) is 1. The second-order valence-electron chi connectivity index (χ2n) is 4.63. The van der Waals surface area contributed by atoms with E-state index in [0.29, 0.717) is 0 Å². The molecular formula is C16H19IN2O. The van der Waals surface area contributed by atoms with Gasteiger partial charge in [0.25, 0.3) is 0 Å². The first-order chi connectivity index (χ1) is 9.67. The van der Waals surface area contributed by atoms with Crippen molar-refractivity contribution in [2.75, 3.05) is 13.7 Å². The van der Waals surface area contributed by atoms with Crippen molar-refractivity contribution in [1.29, 1.82) is 0 Å². The zero-order valence-corrected chi connectivity index (χ0v) is 14.1. The van der Waals surface area contributed by atoms with E-state index in [9.17, 15) is 0 Å². The standard InChI is InChI=1S/C16H19IN2O/c1-4-19-16(12-8-13(20-3)10-18-9-12)14-7-5-6-11(2)15(14)17/h5-10,16,19H,4H2,1-3H3. The minimum Gasteiger partial charge on any atom is -0.495 e. The van der Waals surface area contributed by atoms with Crippen LogP contribution in [0.25, 0.3) is 0 Å². The van der Waals surface area contributed by atoms with Crippen LogP contribution in [0.2, 0.25) is 0 Å². The Morgan fingerprint density at radius 2 is 2.15 bits per heavy atom. The number of aryl methyl sites for hydroxylation is 1. The molecular weight excluding hydrogens is 363 g/mol. The fourth-order valence-corrected chi connectivity index (χ4v) is 2.88.